The van der Waals surface area contributed by atoms with Gasteiger partial charge in [-0.3, -0.25) is 9.52 Å². The molecule has 156 valence electrons. The molecule has 0 atom stereocenters. The van der Waals surface area contributed by atoms with E-state index in [9.17, 15) is 13.2 Å². The molecule has 0 aliphatic rings. The monoisotopic (exact) mass is 451 g/mol. The number of aromatic nitrogens is 4. The fourth-order valence-corrected chi connectivity index (χ4v) is 4.62. The summed E-state index contributed by atoms with van der Waals surface area (Å²) in [6.07, 6.45) is 4.69. The van der Waals surface area contributed by atoms with Gasteiger partial charge >= 0.3 is 0 Å². The number of anilines is 1. The van der Waals surface area contributed by atoms with Crippen molar-refractivity contribution in [3.05, 3.63) is 89.2 Å². The minimum atomic E-state index is -3.74. The van der Waals surface area contributed by atoms with E-state index in [-0.39, 0.29) is 16.4 Å². The van der Waals surface area contributed by atoms with Crippen molar-refractivity contribution in [3.63, 3.8) is 0 Å². The van der Waals surface area contributed by atoms with Gasteiger partial charge in [0.25, 0.3) is 10.0 Å². The van der Waals surface area contributed by atoms with Gasteiger partial charge in [0.2, 0.25) is 5.78 Å². The van der Waals surface area contributed by atoms with Crippen LogP contribution in [0.3, 0.4) is 0 Å². The third-order valence-corrected chi connectivity index (χ3v) is 6.57. The number of ketones is 1. The SMILES string of the molecule is Cc1c(C(=O)/C=C/c2ccccc2)nnn1-c1ccc(S(=O)(=O)Nc2nccs2)cc1. The molecule has 10 heteroatoms. The molecule has 2 aromatic heterocycles. The molecule has 0 saturated heterocycles. The van der Waals surface area contributed by atoms with Crippen molar-refractivity contribution in [3.8, 4) is 5.69 Å². The Morgan fingerprint density at radius 1 is 1.10 bits per heavy atom. The zero-order valence-electron chi connectivity index (χ0n) is 16.3. The molecule has 2 aromatic carbocycles. The molecular formula is C21H17N5O3S2. The van der Waals surface area contributed by atoms with E-state index in [2.05, 4.69) is 20.0 Å². The first kappa shape index (κ1) is 20.6. The van der Waals surface area contributed by atoms with Crippen LogP contribution in [0.1, 0.15) is 21.7 Å². The number of thiazole rings is 1. The van der Waals surface area contributed by atoms with Crippen molar-refractivity contribution in [2.75, 3.05) is 4.72 Å². The largest absolute Gasteiger partial charge is 0.287 e. The predicted octanol–water partition coefficient (Wildman–Crippen LogP) is 3.73. The number of hydrogen-bond acceptors (Lipinski definition) is 7. The molecule has 0 radical (unpaired) electrons. The maximum absolute atomic E-state index is 12.5. The summed E-state index contributed by atoms with van der Waals surface area (Å²) in [6.45, 7) is 1.73. The van der Waals surface area contributed by atoms with Crippen molar-refractivity contribution >= 4 is 38.4 Å². The maximum Gasteiger partial charge on any atom is 0.263 e. The van der Waals surface area contributed by atoms with Crippen LogP contribution in [-0.2, 0) is 10.0 Å². The van der Waals surface area contributed by atoms with Crippen molar-refractivity contribution in [2.45, 2.75) is 11.8 Å². The summed E-state index contributed by atoms with van der Waals surface area (Å²) >= 11 is 1.19. The second-order valence-corrected chi connectivity index (χ2v) is 9.06. The van der Waals surface area contributed by atoms with Crippen molar-refractivity contribution in [1.82, 2.24) is 20.0 Å². The predicted molar refractivity (Wildman–Crippen MR) is 119 cm³/mol. The third kappa shape index (κ3) is 4.60. The Hall–Kier alpha value is -3.63. The van der Waals surface area contributed by atoms with E-state index >= 15 is 0 Å². The van der Waals surface area contributed by atoms with Gasteiger partial charge in [0.1, 0.15) is 0 Å². The molecule has 0 fully saturated rings. The van der Waals surface area contributed by atoms with E-state index in [1.807, 2.05) is 30.3 Å². The first-order chi connectivity index (χ1) is 14.9. The molecule has 0 unspecified atom stereocenters. The second-order valence-electron chi connectivity index (χ2n) is 6.48. The highest BCUT2D eigenvalue weighted by atomic mass is 32.2. The van der Waals surface area contributed by atoms with Crippen molar-refractivity contribution in [1.29, 1.82) is 0 Å². The second kappa shape index (κ2) is 8.62. The van der Waals surface area contributed by atoms with Gasteiger partial charge in [0.05, 0.1) is 16.3 Å². The van der Waals surface area contributed by atoms with Crippen LogP contribution in [0, 0.1) is 6.92 Å². The summed E-state index contributed by atoms with van der Waals surface area (Å²) in [5.74, 6) is -0.264. The average Bonchev–Trinajstić information content (AvgIpc) is 3.42. The fraction of sp³-hybridized carbons (Fsp3) is 0.0476. The van der Waals surface area contributed by atoms with Crippen LogP contribution in [0.4, 0.5) is 5.13 Å². The minimum Gasteiger partial charge on any atom is -0.287 e. The molecule has 8 nitrogen and oxygen atoms in total. The molecule has 2 heterocycles. The first-order valence-electron chi connectivity index (χ1n) is 9.16. The zero-order valence-corrected chi connectivity index (χ0v) is 18.0. The van der Waals surface area contributed by atoms with Gasteiger partial charge in [-0.2, -0.15) is 0 Å². The smallest absolute Gasteiger partial charge is 0.263 e. The Kier molecular flexibility index (Phi) is 5.74. The number of allylic oxidation sites excluding steroid dienone is 1. The maximum atomic E-state index is 12.5. The van der Waals surface area contributed by atoms with Gasteiger partial charge in [-0.15, -0.1) is 16.4 Å². The first-order valence-corrected chi connectivity index (χ1v) is 11.5. The van der Waals surface area contributed by atoms with Crippen LogP contribution >= 0.6 is 11.3 Å². The van der Waals surface area contributed by atoms with E-state index in [0.717, 1.165) is 5.56 Å². The lowest BCUT2D eigenvalue weighted by Gasteiger charge is -2.07. The van der Waals surface area contributed by atoms with E-state index < -0.39 is 10.0 Å². The van der Waals surface area contributed by atoms with E-state index in [1.165, 1.54) is 40.4 Å². The number of nitrogens with one attached hydrogen (secondary N) is 1. The van der Waals surface area contributed by atoms with Crippen molar-refractivity contribution in [2.24, 2.45) is 0 Å². The molecule has 0 saturated carbocycles. The number of carbonyl (C=O) groups is 1. The molecule has 0 aliphatic heterocycles. The van der Waals surface area contributed by atoms with E-state index in [4.69, 9.17) is 0 Å². The average molecular weight is 452 g/mol. The Morgan fingerprint density at radius 2 is 1.84 bits per heavy atom. The topological polar surface area (TPSA) is 107 Å². The van der Waals surface area contributed by atoms with Gasteiger partial charge in [-0.1, -0.05) is 41.6 Å². The van der Waals surface area contributed by atoms with Crippen LogP contribution in [0.5, 0.6) is 0 Å². The molecule has 0 aliphatic carbocycles. The summed E-state index contributed by atoms with van der Waals surface area (Å²) in [5.41, 5.74) is 2.28. The van der Waals surface area contributed by atoms with Gasteiger partial charge in [-0.05, 0) is 42.8 Å². The molecule has 0 amide bonds. The van der Waals surface area contributed by atoms with E-state index in [0.29, 0.717) is 16.5 Å². The molecule has 0 spiro atoms. The number of nitrogens with zero attached hydrogens (tertiary/aromatic N) is 4. The Morgan fingerprint density at radius 3 is 2.52 bits per heavy atom. The number of hydrogen-bond donors (Lipinski definition) is 1. The summed E-state index contributed by atoms with van der Waals surface area (Å²) in [5, 5.41) is 10.0. The van der Waals surface area contributed by atoms with Gasteiger partial charge < -0.3 is 0 Å². The quantitative estimate of drug-likeness (QED) is 0.339. The van der Waals surface area contributed by atoms with Crippen LogP contribution in [0.25, 0.3) is 11.8 Å². The number of benzene rings is 2. The van der Waals surface area contributed by atoms with Crippen LogP contribution < -0.4 is 4.72 Å². The molecule has 1 N–H and O–H groups in total. The van der Waals surface area contributed by atoms with E-state index in [1.54, 1.807) is 30.5 Å². The highest BCUT2D eigenvalue weighted by molar-refractivity contribution is 7.93. The van der Waals surface area contributed by atoms with Gasteiger partial charge in [0, 0.05) is 11.6 Å². The van der Waals surface area contributed by atoms with Gasteiger partial charge in [-0.25, -0.2) is 18.1 Å². The van der Waals surface area contributed by atoms with Crippen molar-refractivity contribution < 1.29 is 13.2 Å². The molecular weight excluding hydrogens is 434 g/mol. The standard InChI is InChI=1S/C21H17N5O3S2/c1-15-20(19(27)12-7-16-5-3-2-4-6-16)23-25-26(15)17-8-10-18(11-9-17)31(28,29)24-21-22-13-14-30-21/h2-14H,1H3,(H,22,24)/b12-7+. The van der Waals surface area contributed by atoms with Crippen LogP contribution in [0.2, 0.25) is 0 Å². The summed E-state index contributed by atoms with van der Waals surface area (Å²) in [7, 11) is -3.74. The molecule has 31 heavy (non-hydrogen) atoms. The lowest BCUT2D eigenvalue weighted by Crippen LogP contribution is -2.13. The summed E-state index contributed by atoms with van der Waals surface area (Å²) < 4.78 is 28.8. The lowest BCUT2D eigenvalue weighted by molar-refractivity contribution is 0.104. The number of sulfonamides is 1. The molecule has 4 aromatic rings. The Labute approximate surface area is 183 Å². The highest BCUT2D eigenvalue weighted by Gasteiger charge is 2.18. The summed E-state index contributed by atoms with van der Waals surface area (Å²) in [6, 6.07) is 15.6. The third-order valence-electron chi connectivity index (χ3n) is 4.40. The van der Waals surface area contributed by atoms with Crippen LogP contribution in [-0.4, -0.2) is 34.2 Å². The lowest BCUT2D eigenvalue weighted by atomic mass is 10.1. The highest BCUT2D eigenvalue weighted by Crippen LogP contribution is 2.20. The summed E-state index contributed by atoms with van der Waals surface area (Å²) in [4.78, 5) is 16.5. The Balaban J connectivity index is 1.53. The number of carbonyl (C=O) groups excluding carboxylic acids is 1. The number of rotatable bonds is 7. The van der Waals surface area contributed by atoms with Crippen LogP contribution in [0.15, 0.2) is 77.1 Å². The van der Waals surface area contributed by atoms with Gasteiger partial charge in [0.15, 0.2) is 10.8 Å². The molecule has 0 bridgehead atoms. The fourth-order valence-electron chi connectivity index (χ4n) is 2.83. The minimum absolute atomic E-state index is 0.0892. The molecule has 4 rings (SSSR count). The Bertz CT molecular complexity index is 1330. The zero-order chi connectivity index (χ0) is 21.8. The normalized spacial score (nSPS) is 11.6.